The van der Waals surface area contributed by atoms with E-state index >= 15 is 0 Å². The Balaban J connectivity index is 3.33. The molecule has 0 saturated heterocycles. The molecule has 12 heavy (non-hydrogen) atoms. The van der Waals surface area contributed by atoms with Crippen LogP contribution in [0.3, 0.4) is 0 Å². The molecule has 0 bridgehead atoms. The van der Waals surface area contributed by atoms with Gasteiger partial charge in [-0.2, -0.15) is 0 Å². The van der Waals surface area contributed by atoms with E-state index in [1.165, 1.54) is 6.07 Å². The van der Waals surface area contributed by atoms with Gasteiger partial charge in [0.2, 0.25) is 0 Å². The Morgan fingerprint density at radius 1 is 1.58 bits per heavy atom. The van der Waals surface area contributed by atoms with Crippen molar-refractivity contribution < 1.29 is 9.18 Å². The van der Waals surface area contributed by atoms with E-state index in [1.54, 1.807) is 0 Å². The van der Waals surface area contributed by atoms with E-state index < -0.39 is 11.7 Å². The summed E-state index contributed by atoms with van der Waals surface area (Å²) >= 11 is 8.59. The summed E-state index contributed by atoms with van der Waals surface area (Å²) in [6.07, 6.45) is 0. The number of rotatable bonds is 1. The summed E-state index contributed by atoms with van der Waals surface area (Å²) in [5, 5.41) is 0.206. The number of amides is 1. The van der Waals surface area contributed by atoms with E-state index in [2.05, 4.69) is 15.9 Å². The van der Waals surface area contributed by atoms with E-state index in [9.17, 15) is 9.18 Å². The molecule has 2 nitrogen and oxygen atoms in total. The third kappa shape index (κ3) is 1.76. The van der Waals surface area contributed by atoms with Crippen molar-refractivity contribution >= 4 is 33.4 Å². The highest BCUT2D eigenvalue weighted by Crippen LogP contribution is 2.25. The molecule has 0 atom stereocenters. The lowest BCUT2D eigenvalue weighted by Crippen LogP contribution is -2.13. The van der Waals surface area contributed by atoms with Crippen molar-refractivity contribution in [2.75, 3.05) is 0 Å². The molecule has 0 saturated carbocycles. The first-order valence-corrected chi connectivity index (χ1v) is 4.14. The summed E-state index contributed by atoms with van der Waals surface area (Å²) in [6.45, 7) is 0. The van der Waals surface area contributed by atoms with Crippen LogP contribution >= 0.6 is 27.5 Å². The topological polar surface area (TPSA) is 43.1 Å². The molecule has 0 fully saturated rings. The van der Waals surface area contributed by atoms with Gasteiger partial charge in [0.15, 0.2) is 0 Å². The maximum atomic E-state index is 12.9. The largest absolute Gasteiger partial charge is 0.366 e. The Labute approximate surface area is 81.6 Å². The molecule has 1 aromatic rings. The van der Waals surface area contributed by atoms with Gasteiger partial charge in [-0.1, -0.05) is 11.6 Å². The van der Waals surface area contributed by atoms with Gasteiger partial charge >= 0.3 is 0 Å². The molecule has 1 amide bonds. The maximum Gasteiger partial charge on any atom is 0.251 e. The Bertz CT molecular complexity index is 342. The van der Waals surface area contributed by atoms with Crippen LogP contribution in [0.5, 0.6) is 0 Å². The van der Waals surface area contributed by atoms with Gasteiger partial charge in [0.05, 0.1) is 10.6 Å². The van der Waals surface area contributed by atoms with Crippen LogP contribution in [0.2, 0.25) is 5.02 Å². The van der Waals surface area contributed by atoms with Gasteiger partial charge < -0.3 is 5.73 Å². The van der Waals surface area contributed by atoms with Gasteiger partial charge in [-0.25, -0.2) is 4.39 Å². The first-order chi connectivity index (χ1) is 5.52. The van der Waals surface area contributed by atoms with Crippen LogP contribution in [-0.4, -0.2) is 5.91 Å². The number of hydrogen-bond donors (Lipinski definition) is 1. The molecule has 0 aliphatic rings. The minimum absolute atomic E-state index is 0.175. The Morgan fingerprint density at radius 2 is 2.17 bits per heavy atom. The standard InChI is InChI=1S/C7H4BrClFNO/c8-4-1-3(7(11)12)6(10)2-5(4)9/h1-2H,(H2,11,12). The first-order valence-electron chi connectivity index (χ1n) is 2.96. The van der Waals surface area contributed by atoms with Gasteiger partial charge in [0, 0.05) is 4.47 Å². The summed E-state index contributed by atoms with van der Waals surface area (Å²) < 4.78 is 13.3. The number of carbonyl (C=O) groups is 1. The second-order valence-corrected chi connectivity index (χ2v) is 3.37. The molecule has 64 valence electrons. The zero-order valence-electron chi connectivity index (χ0n) is 5.77. The fourth-order valence-corrected chi connectivity index (χ4v) is 1.21. The van der Waals surface area contributed by atoms with E-state index in [0.717, 1.165) is 6.07 Å². The van der Waals surface area contributed by atoms with Crippen LogP contribution in [-0.2, 0) is 0 Å². The van der Waals surface area contributed by atoms with Crippen molar-refractivity contribution in [3.63, 3.8) is 0 Å². The van der Waals surface area contributed by atoms with Crippen molar-refractivity contribution in [3.8, 4) is 0 Å². The number of nitrogens with two attached hydrogens (primary N) is 1. The number of hydrogen-bond acceptors (Lipinski definition) is 1. The molecule has 0 unspecified atom stereocenters. The molecule has 0 radical (unpaired) electrons. The van der Waals surface area contributed by atoms with Crippen LogP contribution in [0.25, 0.3) is 0 Å². The van der Waals surface area contributed by atoms with Gasteiger partial charge in [-0.3, -0.25) is 4.79 Å². The van der Waals surface area contributed by atoms with Crippen molar-refractivity contribution in [2.45, 2.75) is 0 Å². The Morgan fingerprint density at radius 3 is 2.67 bits per heavy atom. The van der Waals surface area contributed by atoms with Gasteiger partial charge in [0.25, 0.3) is 5.91 Å². The molecular weight excluding hydrogens is 248 g/mol. The minimum atomic E-state index is -0.815. The molecule has 0 aliphatic heterocycles. The average molecular weight is 252 g/mol. The van der Waals surface area contributed by atoms with Crippen molar-refractivity contribution in [1.29, 1.82) is 0 Å². The van der Waals surface area contributed by atoms with Crippen LogP contribution in [0, 0.1) is 5.82 Å². The van der Waals surface area contributed by atoms with Gasteiger partial charge in [-0.05, 0) is 28.1 Å². The second kappa shape index (κ2) is 3.41. The zero-order valence-corrected chi connectivity index (χ0v) is 8.12. The molecule has 2 N–H and O–H groups in total. The van der Waals surface area contributed by atoms with Crippen molar-refractivity contribution in [3.05, 3.63) is 33.0 Å². The summed E-state index contributed by atoms with van der Waals surface area (Å²) in [5.41, 5.74) is 4.72. The highest BCUT2D eigenvalue weighted by Gasteiger charge is 2.10. The van der Waals surface area contributed by atoms with E-state index in [-0.39, 0.29) is 10.6 Å². The summed E-state index contributed by atoms with van der Waals surface area (Å²) in [5.74, 6) is -1.53. The predicted molar refractivity (Wildman–Crippen MR) is 47.6 cm³/mol. The molecular formula is C7H4BrClFNO. The third-order valence-electron chi connectivity index (χ3n) is 1.28. The Kier molecular flexibility index (Phi) is 2.69. The summed E-state index contributed by atoms with van der Waals surface area (Å²) in [7, 11) is 0. The lowest BCUT2D eigenvalue weighted by Gasteiger charge is -2.00. The lowest BCUT2D eigenvalue weighted by molar-refractivity contribution is 0.0996. The van der Waals surface area contributed by atoms with E-state index in [4.69, 9.17) is 17.3 Å². The molecule has 1 aromatic carbocycles. The molecule has 1 rings (SSSR count). The van der Waals surface area contributed by atoms with Crippen LogP contribution in [0.15, 0.2) is 16.6 Å². The second-order valence-electron chi connectivity index (χ2n) is 2.11. The highest BCUT2D eigenvalue weighted by atomic mass is 79.9. The highest BCUT2D eigenvalue weighted by molar-refractivity contribution is 9.10. The number of carbonyl (C=O) groups excluding carboxylic acids is 1. The molecule has 0 aliphatic carbocycles. The van der Waals surface area contributed by atoms with Crippen LogP contribution in [0.4, 0.5) is 4.39 Å². The third-order valence-corrected chi connectivity index (χ3v) is 2.47. The summed E-state index contributed by atoms with van der Waals surface area (Å²) in [6, 6.07) is 2.28. The molecule has 0 heterocycles. The zero-order chi connectivity index (χ0) is 9.30. The predicted octanol–water partition coefficient (Wildman–Crippen LogP) is 2.34. The van der Waals surface area contributed by atoms with Crippen LogP contribution < -0.4 is 5.73 Å². The lowest BCUT2D eigenvalue weighted by atomic mass is 10.2. The molecule has 5 heteroatoms. The summed E-state index contributed by atoms with van der Waals surface area (Å²) in [4.78, 5) is 10.6. The number of benzene rings is 1. The molecule has 0 spiro atoms. The van der Waals surface area contributed by atoms with E-state index in [0.29, 0.717) is 4.47 Å². The van der Waals surface area contributed by atoms with E-state index in [1.807, 2.05) is 0 Å². The Hall–Kier alpha value is -0.610. The quantitative estimate of drug-likeness (QED) is 0.766. The van der Waals surface area contributed by atoms with Gasteiger partial charge in [0.1, 0.15) is 5.82 Å². The number of halogens is 3. The smallest absolute Gasteiger partial charge is 0.251 e. The van der Waals surface area contributed by atoms with Crippen molar-refractivity contribution in [1.82, 2.24) is 0 Å². The monoisotopic (exact) mass is 251 g/mol. The normalized spacial score (nSPS) is 9.92. The maximum absolute atomic E-state index is 12.9. The minimum Gasteiger partial charge on any atom is -0.366 e. The fourth-order valence-electron chi connectivity index (χ4n) is 0.711. The van der Waals surface area contributed by atoms with Crippen LogP contribution in [0.1, 0.15) is 10.4 Å². The SMILES string of the molecule is NC(=O)c1cc(Br)c(Cl)cc1F. The van der Waals surface area contributed by atoms with Crippen molar-refractivity contribution in [2.24, 2.45) is 5.73 Å². The first kappa shape index (κ1) is 9.48. The number of primary amides is 1. The fraction of sp³-hybridized carbons (Fsp3) is 0. The average Bonchev–Trinajstić information content (AvgIpc) is 1.96. The van der Waals surface area contributed by atoms with Gasteiger partial charge in [-0.15, -0.1) is 0 Å². The molecule has 0 aromatic heterocycles.